The zero-order valence-corrected chi connectivity index (χ0v) is 22.2. The summed E-state index contributed by atoms with van der Waals surface area (Å²) in [4.78, 5) is 0. The molecule has 27 heavy (non-hydrogen) atoms. The Bertz CT molecular complexity index is 401. The molecule has 0 saturated heterocycles. The van der Waals surface area contributed by atoms with Crippen LogP contribution in [0.4, 0.5) is 0 Å². The van der Waals surface area contributed by atoms with Gasteiger partial charge < -0.3 is 9.66 Å². The molecule has 0 amide bonds. The average molecular weight is 431 g/mol. The Morgan fingerprint density at radius 1 is 0.704 bits per heavy atom. The maximum atomic E-state index is 11.5. The van der Waals surface area contributed by atoms with Crippen LogP contribution in [0.1, 0.15) is 123 Å². The minimum Gasteiger partial charge on any atom is -0.748 e. The Kier molecular flexibility index (Phi) is 23.6. The van der Waals surface area contributed by atoms with E-state index in [1.165, 1.54) is 57.8 Å². The fourth-order valence-electron chi connectivity index (χ4n) is 3.47. The van der Waals surface area contributed by atoms with Gasteiger partial charge in [-0.05, 0) is 19.3 Å². The fourth-order valence-corrected chi connectivity index (χ4v) is 4.38. The summed E-state index contributed by atoms with van der Waals surface area (Å²) in [5.74, 6) is 0. The zero-order chi connectivity index (χ0) is 19.7. The largest absolute Gasteiger partial charge is 1.00 e. The monoisotopic (exact) mass is 430 g/mol. The van der Waals surface area contributed by atoms with E-state index in [1.54, 1.807) is 0 Å². The summed E-state index contributed by atoms with van der Waals surface area (Å²) in [5.41, 5.74) is 0. The van der Waals surface area contributed by atoms with Crippen LogP contribution >= 0.6 is 0 Å². The first kappa shape index (κ1) is 30.7. The fraction of sp³-hybridized carbons (Fsp3) is 1.00. The van der Waals surface area contributed by atoms with Gasteiger partial charge in [0.2, 0.25) is 0 Å². The van der Waals surface area contributed by atoms with Crippen molar-refractivity contribution in [2.75, 3.05) is 0 Å². The van der Waals surface area contributed by atoms with Crippen molar-refractivity contribution in [2.24, 2.45) is 0 Å². The third-order valence-electron chi connectivity index (χ3n) is 5.21. The average Bonchev–Trinajstić information content (AvgIpc) is 2.58. The molecule has 0 aromatic carbocycles. The molecular weight excluding hydrogens is 387 g/mol. The molecule has 4 nitrogen and oxygen atoms in total. The van der Waals surface area contributed by atoms with Gasteiger partial charge in [0.05, 0.1) is 21.5 Å². The Morgan fingerprint density at radius 3 is 1.48 bits per heavy atom. The summed E-state index contributed by atoms with van der Waals surface area (Å²) >= 11 is 0. The third-order valence-corrected chi connectivity index (χ3v) is 6.46. The van der Waals surface area contributed by atoms with Gasteiger partial charge in [0.25, 0.3) is 0 Å². The molecule has 0 fully saturated rings. The Balaban J connectivity index is 0. The van der Waals surface area contributed by atoms with Crippen LogP contribution in [0.25, 0.3) is 0 Å². The van der Waals surface area contributed by atoms with Crippen molar-refractivity contribution < 1.29 is 69.5 Å². The molecular formula is C21H43KO4S. The van der Waals surface area contributed by atoms with Crippen molar-refractivity contribution in [3.8, 4) is 0 Å². The standard InChI is InChI=1S/C21H44O4S.K/c1-3-5-7-9-11-12-13-15-17-20(22)19-21(26(23,24)25)18-16-14-10-8-6-4-2;/h20-22H,3-19H2,1-2H3,(H,23,24,25);/q;+1/p-1. The second kappa shape index (κ2) is 20.8. The predicted octanol–water partition coefficient (Wildman–Crippen LogP) is 2.94. The predicted molar refractivity (Wildman–Crippen MR) is 109 cm³/mol. The van der Waals surface area contributed by atoms with Crippen molar-refractivity contribution in [2.45, 2.75) is 134 Å². The number of rotatable bonds is 19. The molecule has 0 bridgehead atoms. The molecule has 0 aliphatic heterocycles. The Morgan fingerprint density at radius 2 is 1.07 bits per heavy atom. The number of hydrogen-bond donors (Lipinski definition) is 1. The number of unbranched alkanes of at least 4 members (excludes halogenated alkanes) is 12. The van der Waals surface area contributed by atoms with Crippen molar-refractivity contribution in [1.82, 2.24) is 0 Å². The molecule has 0 rings (SSSR count). The van der Waals surface area contributed by atoms with Crippen LogP contribution in [0, 0.1) is 0 Å². The Labute approximate surface area is 211 Å². The molecule has 0 aliphatic rings. The van der Waals surface area contributed by atoms with E-state index in [-0.39, 0.29) is 57.8 Å². The molecule has 2 unspecified atom stereocenters. The molecule has 0 heterocycles. The van der Waals surface area contributed by atoms with Crippen LogP contribution in [0.2, 0.25) is 0 Å². The molecule has 0 aliphatic carbocycles. The van der Waals surface area contributed by atoms with Gasteiger partial charge in [0.1, 0.15) is 0 Å². The van der Waals surface area contributed by atoms with Crippen LogP contribution in [-0.4, -0.2) is 29.4 Å². The summed E-state index contributed by atoms with van der Waals surface area (Å²) < 4.78 is 34.4. The van der Waals surface area contributed by atoms with E-state index in [9.17, 15) is 18.1 Å². The first-order valence-corrected chi connectivity index (χ1v) is 12.5. The van der Waals surface area contributed by atoms with E-state index in [0.29, 0.717) is 12.8 Å². The smallest absolute Gasteiger partial charge is 0.748 e. The van der Waals surface area contributed by atoms with E-state index in [0.717, 1.165) is 32.1 Å². The molecule has 1 N–H and O–H groups in total. The normalized spacial score (nSPS) is 13.9. The van der Waals surface area contributed by atoms with Gasteiger partial charge in [-0.15, -0.1) is 0 Å². The molecule has 2 atom stereocenters. The summed E-state index contributed by atoms with van der Waals surface area (Å²) in [7, 11) is -4.32. The molecule has 0 radical (unpaired) electrons. The SMILES string of the molecule is CCCCCCCCCCC(O)CC(CCCCCCCC)S(=O)(=O)[O-].[K+]. The van der Waals surface area contributed by atoms with Crippen molar-refractivity contribution in [1.29, 1.82) is 0 Å². The van der Waals surface area contributed by atoms with E-state index < -0.39 is 21.5 Å². The van der Waals surface area contributed by atoms with Crippen molar-refractivity contribution >= 4 is 10.1 Å². The van der Waals surface area contributed by atoms with E-state index >= 15 is 0 Å². The maximum Gasteiger partial charge on any atom is 1.00 e. The van der Waals surface area contributed by atoms with Crippen LogP contribution in [0.3, 0.4) is 0 Å². The van der Waals surface area contributed by atoms with Crippen molar-refractivity contribution in [3.05, 3.63) is 0 Å². The first-order chi connectivity index (χ1) is 12.4. The number of aliphatic hydroxyl groups excluding tert-OH is 1. The molecule has 0 saturated carbocycles. The number of aliphatic hydroxyl groups is 1. The molecule has 0 aromatic heterocycles. The maximum absolute atomic E-state index is 11.5. The van der Waals surface area contributed by atoms with Gasteiger partial charge in [-0.1, -0.05) is 104 Å². The summed E-state index contributed by atoms with van der Waals surface area (Å²) in [6.45, 7) is 4.37. The minimum atomic E-state index is -4.32. The van der Waals surface area contributed by atoms with Crippen LogP contribution in [0.5, 0.6) is 0 Å². The molecule has 158 valence electrons. The summed E-state index contributed by atoms with van der Waals surface area (Å²) in [6, 6.07) is 0. The second-order valence-corrected chi connectivity index (χ2v) is 9.48. The number of hydrogen-bond acceptors (Lipinski definition) is 4. The van der Waals surface area contributed by atoms with Gasteiger partial charge in [0.15, 0.2) is 0 Å². The second-order valence-electron chi connectivity index (χ2n) is 7.82. The Hall–Kier alpha value is 1.51. The molecule has 6 heteroatoms. The summed E-state index contributed by atoms with van der Waals surface area (Å²) in [5, 5.41) is 9.21. The van der Waals surface area contributed by atoms with Crippen molar-refractivity contribution in [3.63, 3.8) is 0 Å². The zero-order valence-electron chi connectivity index (χ0n) is 18.3. The molecule has 0 spiro atoms. The van der Waals surface area contributed by atoms with Gasteiger partial charge in [-0.25, -0.2) is 8.42 Å². The van der Waals surface area contributed by atoms with Crippen LogP contribution < -0.4 is 51.4 Å². The van der Waals surface area contributed by atoms with Gasteiger partial charge >= 0.3 is 51.4 Å². The van der Waals surface area contributed by atoms with Gasteiger partial charge in [0, 0.05) is 0 Å². The van der Waals surface area contributed by atoms with E-state index in [1.807, 2.05) is 0 Å². The van der Waals surface area contributed by atoms with Crippen LogP contribution in [-0.2, 0) is 10.1 Å². The van der Waals surface area contributed by atoms with E-state index in [4.69, 9.17) is 0 Å². The third kappa shape index (κ3) is 20.6. The minimum absolute atomic E-state index is 0. The van der Waals surface area contributed by atoms with Crippen LogP contribution in [0.15, 0.2) is 0 Å². The quantitative estimate of drug-likeness (QED) is 0.194. The first-order valence-electron chi connectivity index (χ1n) is 11.0. The molecule has 0 aromatic rings. The topological polar surface area (TPSA) is 77.4 Å². The van der Waals surface area contributed by atoms with Gasteiger partial charge in [-0.2, -0.15) is 0 Å². The van der Waals surface area contributed by atoms with E-state index in [2.05, 4.69) is 13.8 Å². The summed E-state index contributed by atoms with van der Waals surface area (Å²) in [6.07, 6.45) is 16.4. The van der Waals surface area contributed by atoms with Gasteiger partial charge in [-0.3, -0.25) is 0 Å².